The fraction of sp³-hybridized carbons (Fsp3) is 0.800. The van der Waals surface area contributed by atoms with E-state index in [1.165, 1.54) is 0 Å². The van der Waals surface area contributed by atoms with E-state index in [-0.39, 0.29) is 13.2 Å². The van der Waals surface area contributed by atoms with Crippen LogP contribution in [0.2, 0.25) is 0 Å². The lowest BCUT2D eigenvalue weighted by Gasteiger charge is -2.09. The quantitative estimate of drug-likeness (QED) is 0.408. The molecule has 0 aliphatic rings. The molecule has 0 fully saturated rings. The van der Waals surface area contributed by atoms with Crippen molar-refractivity contribution >= 4 is 0 Å². The lowest BCUT2D eigenvalue weighted by Crippen LogP contribution is -2.27. The van der Waals surface area contributed by atoms with Crippen LogP contribution in [0.5, 0.6) is 0 Å². The van der Waals surface area contributed by atoms with Crippen molar-refractivity contribution in [3.63, 3.8) is 0 Å². The molecule has 4 nitrogen and oxygen atoms in total. The molecule has 0 saturated heterocycles. The third-order valence-corrected chi connectivity index (χ3v) is 0.713. The van der Waals surface area contributed by atoms with Crippen molar-refractivity contribution in [3.05, 3.63) is 6.92 Å². The Balaban J connectivity index is 3.06. The first-order valence-corrected chi connectivity index (χ1v) is 2.66. The highest BCUT2D eigenvalue weighted by Gasteiger charge is 2.02. The molecule has 4 heteroatoms. The van der Waals surface area contributed by atoms with E-state index in [2.05, 4.69) is 11.7 Å². The summed E-state index contributed by atoms with van der Waals surface area (Å²) in [5.74, 6) is 0. The topological polar surface area (TPSA) is 75.7 Å². The largest absolute Gasteiger partial charge is 0.394 e. The normalized spacial score (nSPS) is 17.3. The molecule has 0 aliphatic carbocycles. The molecule has 0 aromatic carbocycles. The molecule has 0 bridgehead atoms. The first-order valence-electron chi connectivity index (χ1n) is 2.66. The summed E-state index contributed by atoms with van der Waals surface area (Å²) in [6.45, 7) is 3.02. The van der Waals surface area contributed by atoms with Gasteiger partial charge in [0, 0.05) is 0 Å². The fourth-order valence-corrected chi connectivity index (χ4v) is 0.287. The molecule has 0 rings (SSSR count). The number of hydrogen-bond acceptors (Lipinski definition) is 4. The summed E-state index contributed by atoms with van der Waals surface area (Å²) in [5.41, 5.74) is 5.07. The van der Waals surface area contributed by atoms with Gasteiger partial charge in [0.25, 0.3) is 0 Å². The number of aliphatic hydroxyl groups is 2. The van der Waals surface area contributed by atoms with Crippen LogP contribution >= 0.6 is 0 Å². The maximum atomic E-state index is 8.65. The number of nitrogens with two attached hydrogens (primary N) is 1. The number of hydrogen-bond donors (Lipinski definition) is 3. The van der Waals surface area contributed by atoms with Crippen LogP contribution in [0.3, 0.4) is 0 Å². The summed E-state index contributed by atoms with van der Waals surface area (Å²) in [6, 6.07) is 0. The monoisotopic (exact) mass is 134 g/mol. The van der Waals surface area contributed by atoms with Crippen LogP contribution in [0, 0.1) is 6.92 Å². The van der Waals surface area contributed by atoms with E-state index in [4.69, 9.17) is 15.9 Å². The van der Waals surface area contributed by atoms with E-state index < -0.39 is 12.3 Å². The second-order valence-corrected chi connectivity index (χ2v) is 1.71. The minimum Gasteiger partial charge on any atom is -0.394 e. The molecule has 1 radical (unpaired) electrons. The van der Waals surface area contributed by atoms with Crippen molar-refractivity contribution in [1.82, 2.24) is 0 Å². The van der Waals surface area contributed by atoms with Crippen LogP contribution in [0.4, 0.5) is 0 Å². The molecule has 0 saturated carbocycles. The Kier molecular flexibility index (Phi) is 4.61. The summed E-state index contributed by atoms with van der Waals surface area (Å²) >= 11 is 0. The molecule has 0 spiro atoms. The van der Waals surface area contributed by atoms with Crippen LogP contribution in [-0.2, 0) is 4.74 Å². The fourth-order valence-electron chi connectivity index (χ4n) is 0.287. The Morgan fingerprint density at radius 2 is 2.22 bits per heavy atom. The first-order chi connectivity index (χ1) is 4.16. The maximum absolute atomic E-state index is 8.65. The summed E-state index contributed by atoms with van der Waals surface area (Å²) in [7, 11) is 0. The second kappa shape index (κ2) is 4.69. The van der Waals surface area contributed by atoms with Crippen LogP contribution in [0.15, 0.2) is 0 Å². The van der Waals surface area contributed by atoms with E-state index in [0.29, 0.717) is 0 Å². The van der Waals surface area contributed by atoms with Crippen molar-refractivity contribution in [2.45, 2.75) is 12.3 Å². The summed E-state index contributed by atoms with van der Waals surface area (Å²) in [5, 5.41) is 16.9. The third-order valence-electron chi connectivity index (χ3n) is 0.713. The van der Waals surface area contributed by atoms with Crippen molar-refractivity contribution in [2.24, 2.45) is 5.73 Å². The molecule has 0 heterocycles. The lowest BCUT2D eigenvalue weighted by molar-refractivity contribution is -0.0128. The maximum Gasteiger partial charge on any atom is 0.105 e. The zero-order chi connectivity index (χ0) is 7.28. The van der Waals surface area contributed by atoms with Crippen molar-refractivity contribution < 1.29 is 14.9 Å². The lowest BCUT2D eigenvalue weighted by atomic mass is 10.4. The molecule has 0 aromatic heterocycles. The number of ether oxygens (including phenoxy) is 1. The molecular formula is C5H12NO3. The Bertz CT molecular complexity index is 67.2. The van der Waals surface area contributed by atoms with Crippen molar-refractivity contribution in [2.75, 3.05) is 13.2 Å². The van der Waals surface area contributed by atoms with E-state index in [0.717, 1.165) is 0 Å². The van der Waals surface area contributed by atoms with Crippen LogP contribution in [0.1, 0.15) is 0 Å². The highest BCUT2D eigenvalue weighted by Crippen LogP contribution is 1.84. The molecule has 0 aromatic rings. The molecule has 2 unspecified atom stereocenters. The molecule has 2 atom stereocenters. The van der Waals surface area contributed by atoms with Gasteiger partial charge in [0.1, 0.15) is 12.3 Å². The number of aliphatic hydroxyl groups excluding tert-OH is 2. The average molecular weight is 134 g/mol. The predicted octanol–water partition coefficient (Wildman–Crippen LogP) is -1.52. The van der Waals surface area contributed by atoms with Gasteiger partial charge in [-0.25, -0.2) is 0 Å². The van der Waals surface area contributed by atoms with Gasteiger partial charge >= 0.3 is 0 Å². The molecule has 9 heavy (non-hydrogen) atoms. The first kappa shape index (κ1) is 8.84. The number of rotatable bonds is 4. The van der Waals surface area contributed by atoms with E-state index in [1.807, 2.05) is 0 Å². The van der Waals surface area contributed by atoms with Gasteiger partial charge in [0.2, 0.25) is 0 Å². The smallest absolute Gasteiger partial charge is 0.105 e. The zero-order valence-corrected chi connectivity index (χ0v) is 5.16. The molecule has 55 valence electrons. The SMILES string of the molecule is [CH2]C(N)OCC(O)CO. The zero-order valence-electron chi connectivity index (χ0n) is 5.16. The minimum atomic E-state index is -0.849. The van der Waals surface area contributed by atoms with Crippen molar-refractivity contribution in [1.29, 1.82) is 0 Å². The summed E-state index contributed by atoms with van der Waals surface area (Å²) < 4.78 is 4.65. The highest BCUT2D eigenvalue weighted by atomic mass is 16.5. The Hall–Kier alpha value is -0.160. The van der Waals surface area contributed by atoms with Gasteiger partial charge in [-0.15, -0.1) is 0 Å². The van der Waals surface area contributed by atoms with E-state index in [1.54, 1.807) is 0 Å². The van der Waals surface area contributed by atoms with Gasteiger partial charge in [0.05, 0.1) is 13.2 Å². The minimum absolute atomic E-state index is 0.0289. The Morgan fingerprint density at radius 1 is 1.67 bits per heavy atom. The summed E-state index contributed by atoms with van der Waals surface area (Å²) in [4.78, 5) is 0. The van der Waals surface area contributed by atoms with Crippen molar-refractivity contribution in [3.8, 4) is 0 Å². The molecular weight excluding hydrogens is 122 g/mol. The van der Waals surface area contributed by atoms with Gasteiger partial charge in [-0.3, -0.25) is 0 Å². The highest BCUT2D eigenvalue weighted by molar-refractivity contribution is 4.53. The van der Waals surface area contributed by atoms with Gasteiger partial charge in [-0.1, -0.05) is 0 Å². The Labute approximate surface area is 54.2 Å². The molecule has 0 aliphatic heterocycles. The van der Waals surface area contributed by atoms with Crippen LogP contribution in [-0.4, -0.2) is 35.8 Å². The molecule has 4 N–H and O–H groups in total. The van der Waals surface area contributed by atoms with Crippen LogP contribution < -0.4 is 5.73 Å². The average Bonchev–Trinajstić information content (AvgIpc) is 1.83. The predicted molar refractivity (Wildman–Crippen MR) is 32.4 cm³/mol. The van der Waals surface area contributed by atoms with Gasteiger partial charge in [-0.2, -0.15) is 0 Å². The summed E-state index contributed by atoms with van der Waals surface area (Å²) in [6.07, 6.45) is -1.48. The Morgan fingerprint density at radius 3 is 2.56 bits per heavy atom. The standard InChI is InChI=1S/C5H12NO3/c1-4(6)9-3-5(8)2-7/h4-5,7-8H,1-3,6H2. The van der Waals surface area contributed by atoms with E-state index in [9.17, 15) is 0 Å². The van der Waals surface area contributed by atoms with Gasteiger partial charge in [-0.05, 0) is 6.92 Å². The van der Waals surface area contributed by atoms with Gasteiger partial charge < -0.3 is 20.7 Å². The third kappa shape index (κ3) is 5.72. The van der Waals surface area contributed by atoms with Gasteiger partial charge in [0.15, 0.2) is 0 Å². The van der Waals surface area contributed by atoms with Crippen LogP contribution in [0.25, 0.3) is 0 Å². The molecule has 0 amide bonds. The second-order valence-electron chi connectivity index (χ2n) is 1.71. The van der Waals surface area contributed by atoms with E-state index >= 15 is 0 Å².